The van der Waals surface area contributed by atoms with Gasteiger partial charge in [-0.05, 0) is 31.0 Å². The molecule has 0 aliphatic carbocycles. The minimum atomic E-state index is -0.0190. The van der Waals surface area contributed by atoms with Crippen LogP contribution < -0.4 is 4.87 Å². The van der Waals surface area contributed by atoms with Crippen molar-refractivity contribution in [2.24, 2.45) is 0 Å². The molecule has 1 amide bonds. The minimum Gasteiger partial charge on any atom is -0.338 e. The molecule has 0 unspecified atom stereocenters. The standard InChI is InChI=1S/C18H21N3O2S/c1-3-9-20(12-16-6-4-15(11-19)5-7-16)17(22)8-10-21-14(2)13-24-18(21)23/h4-7,13H,3,8-10,12H2,1-2H3. The van der Waals surface area contributed by atoms with Gasteiger partial charge in [-0.2, -0.15) is 5.26 Å². The second-order valence-corrected chi connectivity index (χ2v) is 6.49. The smallest absolute Gasteiger partial charge is 0.307 e. The maximum Gasteiger partial charge on any atom is 0.307 e. The van der Waals surface area contributed by atoms with Crippen LogP contribution in [0.25, 0.3) is 0 Å². The number of amides is 1. The van der Waals surface area contributed by atoms with Crippen LogP contribution in [0.4, 0.5) is 0 Å². The summed E-state index contributed by atoms with van der Waals surface area (Å²) in [5.41, 5.74) is 2.51. The lowest BCUT2D eigenvalue weighted by Gasteiger charge is -2.22. The number of aryl methyl sites for hydroxylation is 1. The van der Waals surface area contributed by atoms with Crippen molar-refractivity contribution in [3.8, 4) is 6.07 Å². The van der Waals surface area contributed by atoms with Crippen molar-refractivity contribution >= 4 is 17.2 Å². The SMILES string of the molecule is CCCN(Cc1ccc(C#N)cc1)C(=O)CCn1c(C)csc1=O. The molecule has 1 aromatic carbocycles. The number of hydrogen-bond donors (Lipinski definition) is 0. The van der Waals surface area contributed by atoms with Crippen molar-refractivity contribution in [2.45, 2.75) is 39.8 Å². The van der Waals surface area contributed by atoms with Crippen LogP contribution in [0.2, 0.25) is 0 Å². The molecule has 2 rings (SSSR count). The monoisotopic (exact) mass is 343 g/mol. The van der Waals surface area contributed by atoms with Gasteiger partial charge in [0.2, 0.25) is 5.91 Å². The molecule has 0 saturated heterocycles. The van der Waals surface area contributed by atoms with E-state index in [1.165, 1.54) is 0 Å². The molecule has 0 radical (unpaired) electrons. The Morgan fingerprint density at radius 1 is 1.33 bits per heavy atom. The van der Waals surface area contributed by atoms with E-state index in [1.54, 1.807) is 16.7 Å². The summed E-state index contributed by atoms with van der Waals surface area (Å²) in [7, 11) is 0. The van der Waals surface area contributed by atoms with Crippen LogP contribution >= 0.6 is 11.3 Å². The van der Waals surface area contributed by atoms with Gasteiger partial charge >= 0.3 is 4.87 Å². The first-order valence-corrected chi connectivity index (χ1v) is 8.85. The number of rotatable bonds is 7. The molecule has 0 bridgehead atoms. The van der Waals surface area contributed by atoms with E-state index in [9.17, 15) is 9.59 Å². The van der Waals surface area contributed by atoms with Crippen molar-refractivity contribution in [1.29, 1.82) is 5.26 Å². The maximum atomic E-state index is 12.5. The highest BCUT2D eigenvalue weighted by Crippen LogP contribution is 2.10. The molecule has 0 aliphatic heterocycles. The molecular formula is C18H21N3O2S. The predicted molar refractivity (Wildman–Crippen MR) is 94.8 cm³/mol. The number of carbonyl (C=O) groups excluding carboxylic acids is 1. The highest BCUT2D eigenvalue weighted by molar-refractivity contribution is 7.07. The van der Waals surface area contributed by atoms with Gasteiger partial charge in [0, 0.05) is 37.1 Å². The average molecular weight is 343 g/mol. The first kappa shape index (κ1) is 18.0. The molecule has 0 aliphatic rings. The molecule has 0 saturated carbocycles. The minimum absolute atomic E-state index is 0.0190. The van der Waals surface area contributed by atoms with Crippen LogP contribution in [0.3, 0.4) is 0 Å². The first-order valence-electron chi connectivity index (χ1n) is 7.97. The Labute approximate surface area is 145 Å². The van der Waals surface area contributed by atoms with Gasteiger partial charge in [0.05, 0.1) is 11.6 Å². The van der Waals surface area contributed by atoms with Crippen LogP contribution in [0.1, 0.15) is 36.6 Å². The fraction of sp³-hybridized carbons (Fsp3) is 0.389. The first-order chi connectivity index (χ1) is 11.5. The summed E-state index contributed by atoms with van der Waals surface area (Å²) < 4.78 is 1.65. The Morgan fingerprint density at radius 3 is 2.58 bits per heavy atom. The Hall–Kier alpha value is -2.39. The number of nitriles is 1. The molecule has 0 atom stereocenters. The normalized spacial score (nSPS) is 10.4. The van der Waals surface area contributed by atoms with E-state index in [2.05, 4.69) is 6.07 Å². The number of benzene rings is 1. The summed E-state index contributed by atoms with van der Waals surface area (Å²) in [6.07, 6.45) is 1.19. The van der Waals surface area contributed by atoms with Gasteiger partial charge in [-0.15, -0.1) is 0 Å². The number of carbonyl (C=O) groups is 1. The summed E-state index contributed by atoms with van der Waals surface area (Å²) >= 11 is 1.16. The zero-order chi connectivity index (χ0) is 17.5. The molecule has 126 valence electrons. The Balaban J connectivity index is 2.01. The Bertz CT molecular complexity index is 784. The zero-order valence-corrected chi connectivity index (χ0v) is 14.8. The summed E-state index contributed by atoms with van der Waals surface area (Å²) in [6, 6.07) is 9.37. The van der Waals surface area contributed by atoms with Crippen molar-refractivity contribution < 1.29 is 4.79 Å². The number of hydrogen-bond acceptors (Lipinski definition) is 4. The van der Waals surface area contributed by atoms with E-state index in [0.29, 0.717) is 31.6 Å². The van der Waals surface area contributed by atoms with E-state index in [-0.39, 0.29) is 10.8 Å². The second-order valence-electron chi connectivity index (χ2n) is 5.67. The van der Waals surface area contributed by atoms with Gasteiger partial charge in [-0.1, -0.05) is 30.4 Å². The van der Waals surface area contributed by atoms with Gasteiger partial charge in [0.15, 0.2) is 0 Å². The van der Waals surface area contributed by atoms with Gasteiger partial charge in [0.25, 0.3) is 0 Å². The molecule has 1 heterocycles. The van der Waals surface area contributed by atoms with Crippen LogP contribution in [-0.2, 0) is 17.9 Å². The quantitative estimate of drug-likeness (QED) is 0.776. The van der Waals surface area contributed by atoms with E-state index in [4.69, 9.17) is 5.26 Å². The third-order valence-corrected chi connectivity index (χ3v) is 4.71. The zero-order valence-electron chi connectivity index (χ0n) is 14.0. The van der Waals surface area contributed by atoms with Crippen LogP contribution in [0.5, 0.6) is 0 Å². The van der Waals surface area contributed by atoms with E-state index < -0.39 is 0 Å². The molecule has 24 heavy (non-hydrogen) atoms. The highest BCUT2D eigenvalue weighted by Gasteiger charge is 2.14. The molecular weight excluding hydrogens is 322 g/mol. The molecule has 1 aromatic heterocycles. The third kappa shape index (κ3) is 4.56. The van der Waals surface area contributed by atoms with Crippen molar-refractivity contribution in [1.82, 2.24) is 9.47 Å². The highest BCUT2D eigenvalue weighted by atomic mass is 32.1. The molecule has 2 aromatic rings. The number of aromatic nitrogens is 1. The lowest BCUT2D eigenvalue weighted by atomic mass is 10.1. The maximum absolute atomic E-state index is 12.5. The van der Waals surface area contributed by atoms with Crippen LogP contribution in [0, 0.1) is 18.3 Å². The lowest BCUT2D eigenvalue weighted by molar-refractivity contribution is -0.132. The molecule has 0 spiro atoms. The lowest BCUT2D eigenvalue weighted by Crippen LogP contribution is -2.32. The van der Waals surface area contributed by atoms with Gasteiger partial charge in [-0.25, -0.2) is 0 Å². The largest absolute Gasteiger partial charge is 0.338 e. The fourth-order valence-corrected chi connectivity index (χ4v) is 3.27. The average Bonchev–Trinajstić information content (AvgIpc) is 2.91. The molecule has 0 fully saturated rings. The number of thiazole rings is 1. The van der Waals surface area contributed by atoms with Gasteiger partial charge < -0.3 is 9.47 Å². The van der Waals surface area contributed by atoms with Crippen molar-refractivity contribution in [2.75, 3.05) is 6.54 Å². The molecule has 5 nitrogen and oxygen atoms in total. The Kier molecular flexibility index (Phi) is 6.33. The summed E-state index contributed by atoms with van der Waals surface area (Å²) in [4.78, 5) is 26.1. The summed E-state index contributed by atoms with van der Waals surface area (Å²) in [6.45, 7) is 5.53. The van der Waals surface area contributed by atoms with E-state index >= 15 is 0 Å². The van der Waals surface area contributed by atoms with Crippen molar-refractivity contribution in [3.05, 3.63) is 56.1 Å². The molecule has 6 heteroatoms. The van der Waals surface area contributed by atoms with Crippen LogP contribution in [-0.4, -0.2) is 21.9 Å². The predicted octanol–water partition coefficient (Wildman–Crippen LogP) is 2.92. The van der Waals surface area contributed by atoms with Gasteiger partial charge in [-0.3, -0.25) is 9.59 Å². The fourth-order valence-electron chi connectivity index (χ4n) is 2.51. The molecule has 0 N–H and O–H groups in total. The second kappa shape index (κ2) is 8.46. The topological polar surface area (TPSA) is 66.1 Å². The third-order valence-electron chi connectivity index (χ3n) is 3.83. The van der Waals surface area contributed by atoms with Crippen LogP contribution in [0.15, 0.2) is 34.4 Å². The van der Waals surface area contributed by atoms with Crippen molar-refractivity contribution in [3.63, 3.8) is 0 Å². The Morgan fingerprint density at radius 2 is 2.04 bits per heavy atom. The number of nitrogens with zero attached hydrogens (tertiary/aromatic N) is 3. The summed E-state index contributed by atoms with van der Waals surface area (Å²) in [5.74, 6) is 0.0405. The van der Waals surface area contributed by atoms with E-state index in [0.717, 1.165) is 29.0 Å². The van der Waals surface area contributed by atoms with E-state index in [1.807, 2.05) is 36.3 Å². The van der Waals surface area contributed by atoms with Gasteiger partial charge in [0.1, 0.15) is 0 Å². The summed E-state index contributed by atoms with van der Waals surface area (Å²) in [5, 5.41) is 10.7.